The van der Waals surface area contributed by atoms with Crippen molar-refractivity contribution in [3.05, 3.63) is 83.9 Å². The lowest BCUT2D eigenvalue weighted by molar-refractivity contribution is -0.134. The molecular weight excluding hydrogens is 288 g/mol. The Hall–Kier alpha value is -2.39. The van der Waals surface area contributed by atoms with E-state index in [0.29, 0.717) is 0 Å². The highest BCUT2D eigenvalue weighted by molar-refractivity contribution is 5.81. The van der Waals surface area contributed by atoms with E-state index < -0.39 is 0 Å². The SMILES string of the molecule is COC(=O)/C=C/CC[C@]1(c2ccccc2)O[C@H]1c1ccccc1. The molecule has 2 atom stereocenters. The molecule has 0 aromatic heterocycles. The molecule has 1 aliphatic rings. The van der Waals surface area contributed by atoms with Gasteiger partial charge in [0, 0.05) is 6.08 Å². The molecule has 0 amide bonds. The number of allylic oxidation sites excluding steroid dienone is 1. The number of esters is 1. The van der Waals surface area contributed by atoms with Crippen molar-refractivity contribution in [2.75, 3.05) is 7.11 Å². The zero-order chi connectivity index (χ0) is 16.1. The highest BCUT2D eigenvalue weighted by Gasteiger charge is 2.57. The van der Waals surface area contributed by atoms with E-state index in [1.165, 1.54) is 24.3 Å². The van der Waals surface area contributed by atoms with Gasteiger partial charge in [-0.1, -0.05) is 66.7 Å². The molecule has 0 spiro atoms. The number of benzene rings is 2. The first-order chi connectivity index (χ1) is 11.3. The molecule has 0 unspecified atom stereocenters. The van der Waals surface area contributed by atoms with Crippen LogP contribution in [0.5, 0.6) is 0 Å². The normalized spacial score (nSPS) is 22.9. The van der Waals surface area contributed by atoms with Crippen molar-refractivity contribution < 1.29 is 14.3 Å². The first-order valence-electron chi connectivity index (χ1n) is 7.79. The van der Waals surface area contributed by atoms with E-state index in [1.54, 1.807) is 0 Å². The molecule has 3 nitrogen and oxygen atoms in total. The van der Waals surface area contributed by atoms with Crippen LogP contribution >= 0.6 is 0 Å². The fourth-order valence-electron chi connectivity index (χ4n) is 2.96. The number of carbonyl (C=O) groups excluding carboxylic acids is 1. The van der Waals surface area contributed by atoms with Gasteiger partial charge in [-0.05, 0) is 24.0 Å². The summed E-state index contributed by atoms with van der Waals surface area (Å²) in [7, 11) is 1.38. The summed E-state index contributed by atoms with van der Waals surface area (Å²) in [6.07, 6.45) is 4.97. The minimum Gasteiger partial charge on any atom is -0.466 e. The first kappa shape index (κ1) is 15.5. The largest absolute Gasteiger partial charge is 0.466 e. The number of ether oxygens (including phenoxy) is 2. The highest BCUT2D eigenvalue weighted by Crippen LogP contribution is 2.59. The molecule has 1 fully saturated rings. The molecule has 0 bridgehead atoms. The van der Waals surface area contributed by atoms with Gasteiger partial charge in [-0.15, -0.1) is 0 Å². The molecular formula is C20H20O3. The second-order valence-corrected chi connectivity index (χ2v) is 5.63. The van der Waals surface area contributed by atoms with Crippen LogP contribution in [0, 0.1) is 0 Å². The predicted molar refractivity (Wildman–Crippen MR) is 88.8 cm³/mol. The average Bonchev–Trinajstić information content (AvgIpc) is 3.36. The van der Waals surface area contributed by atoms with Crippen LogP contribution in [0.2, 0.25) is 0 Å². The molecule has 1 saturated heterocycles. The van der Waals surface area contributed by atoms with Crippen molar-refractivity contribution in [2.45, 2.75) is 24.5 Å². The fourth-order valence-corrected chi connectivity index (χ4v) is 2.96. The maximum absolute atomic E-state index is 11.2. The van der Waals surface area contributed by atoms with Crippen LogP contribution in [-0.2, 0) is 19.9 Å². The van der Waals surface area contributed by atoms with Gasteiger partial charge in [-0.2, -0.15) is 0 Å². The smallest absolute Gasteiger partial charge is 0.330 e. The van der Waals surface area contributed by atoms with Crippen LogP contribution in [-0.4, -0.2) is 13.1 Å². The van der Waals surface area contributed by atoms with Crippen molar-refractivity contribution in [2.24, 2.45) is 0 Å². The molecule has 3 rings (SSSR count). The molecule has 3 heteroatoms. The van der Waals surface area contributed by atoms with E-state index in [2.05, 4.69) is 29.0 Å². The summed E-state index contributed by atoms with van der Waals surface area (Å²) in [4.78, 5) is 11.2. The summed E-state index contributed by atoms with van der Waals surface area (Å²) in [5.41, 5.74) is 2.07. The van der Waals surface area contributed by atoms with Crippen LogP contribution in [0.25, 0.3) is 0 Å². The van der Waals surface area contributed by atoms with Crippen molar-refractivity contribution in [3.8, 4) is 0 Å². The van der Waals surface area contributed by atoms with E-state index in [1.807, 2.05) is 42.5 Å². The third kappa shape index (κ3) is 3.35. The molecule has 1 heterocycles. The lowest BCUT2D eigenvalue weighted by Gasteiger charge is -2.12. The maximum atomic E-state index is 11.2. The topological polar surface area (TPSA) is 38.8 Å². The highest BCUT2D eigenvalue weighted by atomic mass is 16.6. The number of hydrogen-bond donors (Lipinski definition) is 0. The van der Waals surface area contributed by atoms with Crippen LogP contribution in [0.1, 0.15) is 30.1 Å². The molecule has 0 N–H and O–H groups in total. The minimum atomic E-state index is -0.324. The van der Waals surface area contributed by atoms with Gasteiger partial charge in [0.1, 0.15) is 11.7 Å². The maximum Gasteiger partial charge on any atom is 0.330 e. The molecule has 1 aliphatic heterocycles. The van der Waals surface area contributed by atoms with E-state index in [0.717, 1.165) is 12.8 Å². The van der Waals surface area contributed by atoms with Gasteiger partial charge in [0.15, 0.2) is 0 Å². The standard InChI is InChI=1S/C20H20O3/c1-22-18(21)14-8-9-15-20(17-12-6-3-7-13-17)19(23-20)16-10-4-2-5-11-16/h2-8,10-14,19H,9,15H2,1H3/b14-8+/t19-,20+/m0/s1. The van der Waals surface area contributed by atoms with Crippen molar-refractivity contribution >= 4 is 5.97 Å². The summed E-state index contributed by atoms with van der Waals surface area (Å²) in [6.45, 7) is 0. The van der Waals surface area contributed by atoms with Gasteiger partial charge in [-0.25, -0.2) is 4.79 Å². The van der Waals surface area contributed by atoms with Crippen LogP contribution in [0.3, 0.4) is 0 Å². The number of carbonyl (C=O) groups is 1. The summed E-state index contributed by atoms with van der Waals surface area (Å²) in [5, 5.41) is 0. The van der Waals surface area contributed by atoms with Crippen LogP contribution in [0.4, 0.5) is 0 Å². The summed E-state index contributed by atoms with van der Waals surface area (Å²) >= 11 is 0. The molecule has 23 heavy (non-hydrogen) atoms. The Bertz CT molecular complexity index is 679. The van der Waals surface area contributed by atoms with Gasteiger partial charge < -0.3 is 9.47 Å². The second kappa shape index (κ2) is 6.80. The minimum absolute atomic E-state index is 0.0672. The Morgan fingerprint density at radius 1 is 1.13 bits per heavy atom. The zero-order valence-electron chi connectivity index (χ0n) is 13.1. The quantitative estimate of drug-likeness (QED) is 0.457. The summed E-state index contributed by atoms with van der Waals surface area (Å²) in [6, 6.07) is 20.5. The van der Waals surface area contributed by atoms with Crippen molar-refractivity contribution in [1.82, 2.24) is 0 Å². The summed E-state index contributed by atoms with van der Waals surface area (Å²) < 4.78 is 10.8. The molecule has 2 aromatic carbocycles. The van der Waals surface area contributed by atoms with Gasteiger partial charge in [-0.3, -0.25) is 0 Å². The number of rotatable bonds is 6. The van der Waals surface area contributed by atoms with E-state index in [-0.39, 0.29) is 17.7 Å². The van der Waals surface area contributed by atoms with E-state index >= 15 is 0 Å². The second-order valence-electron chi connectivity index (χ2n) is 5.63. The third-order valence-corrected chi connectivity index (χ3v) is 4.20. The van der Waals surface area contributed by atoms with E-state index in [4.69, 9.17) is 4.74 Å². The lowest BCUT2D eigenvalue weighted by Crippen LogP contribution is -2.10. The molecule has 0 saturated carbocycles. The monoisotopic (exact) mass is 308 g/mol. The van der Waals surface area contributed by atoms with E-state index in [9.17, 15) is 4.79 Å². The van der Waals surface area contributed by atoms with Crippen LogP contribution < -0.4 is 0 Å². The lowest BCUT2D eigenvalue weighted by atomic mass is 9.88. The van der Waals surface area contributed by atoms with Gasteiger partial charge in [0.2, 0.25) is 0 Å². The predicted octanol–water partition coefficient (Wildman–Crippen LogP) is 4.16. The summed E-state index contributed by atoms with van der Waals surface area (Å²) in [5.74, 6) is -0.324. The van der Waals surface area contributed by atoms with Gasteiger partial charge in [0.05, 0.1) is 7.11 Å². The van der Waals surface area contributed by atoms with Gasteiger partial charge in [0.25, 0.3) is 0 Å². The molecule has 0 aliphatic carbocycles. The Morgan fingerprint density at radius 3 is 2.43 bits per heavy atom. The molecule has 0 radical (unpaired) electrons. The Balaban J connectivity index is 1.77. The Labute approximate surface area is 136 Å². The number of methoxy groups -OCH3 is 1. The third-order valence-electron chi connectivity index (χ3n) is 4.20. The first-order valence-corrected chi connectivity index (χ1v) is 7.79. The number of epoxide rings is 1. The van der Waals surface area contributed by atoms with Crippen LogP contribution in [0.15, 0.2) is 72.8 Å². The Kier molecular flexibility index (Phi) is 4.58. The van der Waals surface area contributed by atoms with Crippen molar-refractivity contribution in [1.29, 1.82) is 0 Å². The zero-order valence-corrected chi connectivity index (χ0v) is 13.1. The average molecular weight is 308 g/mol. The molecule has 118 valence electrons. The van der Waals surface area contributed by atoms with Crippen molar-refractivity contribution in [3.63, 3.8) is 0 Å². The molecule has 2 aromatic rings. The van der Waals surface area contributed by atoms with Gasteiger partial charge >= 0.3 is 5.97 Å². The fraction of sp³-hybridized carbons (Fsp3) is 0.250. The Morgan fingerprint density at radius 2 is 1.78 bits per heavy atom. The number of hydrogen-bond acceptors (Lipinski definition) is 3.